The van der Waals surface area contributed by atoms with E-state index in [1.54, 1.807) is 18.2 Å². The Kier molecular flexibility index (Phi) is 4.17. The van der Waals surface area contributed by atoms with Crippen LogP contribution in [0.4, 0.5) is 10.5 Å². The van der Waals surface area contributed by atoms with Crippen molar-refractivity contribution in [3.8, 4) is 11.5 Å². The van der Waals surface area contributed by atoms with Crippen molar-refractivity contribution >= 4 is 22.5 Å². The minimum Gasteiger partial charge on any atom is -0.506 e. The molecular formula is C17H13N3O5. The monoisotopic (exact) mass is 339 g/mol. The molecule has 0 aliphatic rings. The molecule has 3 rings (SSSR count). The molecule has 0 fully saturated rings. The number of rotatable bonds is 3. The van der Waals surface area contributed by atoms with Gasteiger partial charge in [-0.2, -0.15) is 5.10 Å². The number of carbonyl (C=O) groups is 1. The van der Waals surface area contributed by atoms with Gasteiger partial charge in [0, 0.05) is 10.8 Å². The Morgan fingerprint density at radius 3 is 2.52 bits per heavy atom. The topological polar surface area (TPSA) is 117 Å². The van der Waals surface area contributed by atoms with Crippen LogP contribution >= 0.6 is 0 Å². The van der Waals surface area contributed by atoms with Gasteiger partial charge in [-0.25, -0.2) is 10.2 Å². The van der Waals surface area contributed by atoms with Crippen molar-refractivity contribution in [1.82, 2.24) is 5.43 Å². The lowest BCUT2D eigenvalue weighted by Gasteiger charge is -2.05. The van der Waals surface area contributed by atoms with Crippen molar-refractivity contribution in [3.05, 3.63) is 68.3 Å². The highest BCUT2D eigenvalue weighted by Crippen LogP contribution is 2.21. The molecule has 0 bridgehead atoms. The molecule has 2 amide bonds. The van der Waals surface area contributed by atoms with Gasteiger partial charge in [0.15, 0.2) is 5.36 Å². The van der Waals surface area contributed by atoms with E-state index in [0.717, 1.165) is 0 Å². The lowest BCUT2D eigenvalue weighted by atomic mass is 10.2. The summed E-state index contributed by atoms with van der Waals surface area (Å²) in [5.74, 6) is 0.309. The fourth-order valence-electron chi connectivity index (χ4n) is 2.33. The summed E-state index contributed by atoms with van der Waals surface area (Å²) in [6.45, 7) is 0. The fraction of sp³-hybridized carbons (Fsp3) is 0.0588. The molecule has 0 aliphatic carbocycles. The van der Waals surface area contributed by atoms with E-state index in [1.165, 1.54) is 31.4 Å². The number of methoxy groups -OCH3 is 1. The summed E-state index contributed by atoms with van der Waals surface area (Å²) in [6, 6.07) is 9.77. The number of hydrogen-bond donors (Lipinski definition) is 3. The second-order valence-corrected chi connectivity index (χ2v) is 5.11. The molecule has 0 spiro atoms. The number of ether oxygens (including phenoxy) is 1. The second-order valence-electron chi connectivity index (χ2n) is 5.11. The number of phenols is 1. The predicted octanol–water partition coefficient (Wildman–Crippen LogP) is 0.787. The number of para-hydroxylation sites is 2. The quantitative estimate of drug-likeness (QED) is 0.482. The molecule has 0 aromatic heterocycles. The van der Waals surface area contributed by atoms with E-state index >= 15 is 0 Å². The van der Waals surface area contributed by atoms with E-state index in [4.69, 9.17) is 4.74 Å². The Morgan fingerprint density at radius 1 is 1.08 bits per heavy atom. The molecule has 8 nitrogen and oxygen atoms in total. The normalized spacial score (nSPS) is 11.5. The van der Waals surface area contributed by atoms with Crippen LogP contribution in [0.2, 0.25) is 0 Å². The van der Waals surface area contributed by atoms with E-state index in [0.29, 0.717) is 5.75 Å². The van der Waals surface area contributed by atoms with Gasteiger partial charge in [0.25, 0.3) is 0 Å². The maximum absolute atomic E-state index is 12.3. The summed E-state index contributed by atoms with van der Waals surface area (Å²) >= 11 is 0. The number of phenolic OH excluding ortho intramolecular Hbond substituents is 1. The van der Waals surface area contributed by atoms with E-state index in [9.17, 15) is 19.5 Å². The lowest BCUT2D eigenvalue weighted by Crippen LogP contribution is -2.36. The van der Waals surface area contributed by atoms with Gasteiger partial charge in [0.05, 0.1) is 12.8 Å². The number of anilines is 1. The smallest absolute Gasteiger partial charge is 0.339 e. The summed E-state index contributed by atoms with van der Waals surface area (Å²) in [5.41, 5.74) is 1.07. The third kappa shape index (κ3) is 3.05. The largest absolute Gasteiger partial charge is 0.506 e. The summed E-state index contributed by atoms with van der Waals surface area (Å²) in [4.78, 5) is 36.3. The molecule has 0 saturated heterocycles. The van der Waals surface area contributed by atoms with Gasteiger partial charge in [-0.05, 0) is 30.3 Å². The maximum atomic E-state index is 12.3. The Hall–Kier alpha value is -3.68. The first-order chi connectivity index (χ1) is 12.0. The van der Waals surface area contributed by atoms with Gasteiger partial charge in [0.2, 0.25) is 10.9 Å². The number of fused-ring (bicyclic) bond motifs is 1. The van der Waals surface area contributed by atoms with Crippen molar-refractivity contribution in [3.63, 3.8) is 0 Å². The van der Waals surface area contributed by atoms with Crippen LogP contribution in [0, 0.1) is 0 Å². The van der Waals surface area contributed by atoms with Crippen LogP contribution in [0.3, 0.4) is 0 Å². The molecule has 8 heteroatoms. The van der Waals surface area contributed by atoms with Crippen molar-refractivity contribution in [2.75, 3.05) is 12.4 Å². The van der Waals surface area contributed by atoms with Crippen LogP contribution in [0.5, 0.6) is 11.5 Å². The molecule has 0 unspecified atom stereocenters. The molecule has 25 heavy (non-hydrogen) atoms. The summed E-state index contributed by atoms with van der Waals surface area (Å²) in [6.07, 6.45) is 0. The average Bonchev–Trinajstić information content (AvgIpc) is 2.85. The van der Waals surface area contributed by atoms with Crippen molar-refractivity contribution in [2.45, 2.75) is 0 Å². The summed E-state index contributed by atoms with van der Waals surface area (Å²) in [5, 5.41) is 15.5. The number of carbonyl (C=O) groups excluding carboxylic acids is 1. The molecule has 0 aliphatic heterocycles. The standard InChI is InChI=1S/C17H13N3O5/c1-25-9-6-7-10-11(8-9)16(23)14(15(10)22)19-20-17(24)18-12-4-2-3-5-13(12)21/h2-8,21H,1H3,(H2,18,20,24). The third-order valence-electron chi connectivity index (χ3n) is 3.57. The maximum Gasteiger partial charge on any atom is 0.339 e. The zero-order valence-electron chi connectivity index (χ0n) is 13.1. The van der Waals surface area contributed by atoms with E-state index in [1.807, 2.05) is 0 Å². The Bertz CT molecular complexity index is 1110. The molecule has 0 atom stereocenters. The number of urea groups is 1. The van der Waals surface area contributed by atoms with Gasteiger partial charge in [-0.1, -0.05) is 12.1 Å². The van der Waals surface area contributed by atoms with Crippen molar-refractivity contribution < 1.29 is 14.6 Å². The number of amides is 2. The minimum atomic E-state index is -0.803. The fourth-order valence-corrected chi connectivity index (χ4v) is 2.33. The van der Waals surface area contributed by atoms with Gasteiger partial charge >= 0.3 is 6.03 Å². The third-order valence-corrected chi connectivity index (χ3v) is 3.57. The summed E-state index contributed by atoms with van der Waals surface area (Å²) in [7, 11) is 1.45. The number of benzene rings is 2. The molecule has 3 N–H and O–H groups in total. The minimum absolute atomic E-state index is 0.127. The number of nitrogens with zero attached hydrogens (tertiary/aromatic N) is 1. The molecule has 0 radical (unpaired) electrons. The Balaban J connectivity index is 1.91. The van der Waals surface area contributed by atoms with E-state index < -0.39 is 22.2 Å². The molecule has 126 valence electrons. The molecular weight excluding hydrogens is 326 g/mol. The Labute approximate surface area is 140 Å². The van der Waals surface area contributed by atoms with Crippen LogP contribution in [-0.4, -0.2) is 18.2 Å². The van der Waals surface area contributed by atoms with Crippen molar-refractivity contribution in [2.24, 2.45) is 5.10 Å². The van der Waals surface area contributed by atoms with Gasteiger partial charge in [-0.3, -0.25) is 9.59 Å². The molecule has 0 saturated carbocycles. The zero-order valence-corrected chi connectivity index (χ0v) is 13.1. The molecule has 0 heterocycles. The average molecular weight is 339 g/mol. The second kappa shape index (κ2) is 6.44. The SMILES string of the molecule is COc1ccc2c(=O)c(=NNC(=O)Nc3ccccc3O)c(=O)c2c1. The van der Waals surface area contributed by atoms with Crippen molar-refractivity contribution in [1.29, 1.82) is 0 Å². The van der Waals surface area contributed by atoms with E-state index in [2.05, 4.69) is 15.8 Å². The predicted molar refractivity (Wildman–Crippen MR) is 91.2 cm³/mol. The number of aromatic hydroxyl groups is 1. The van der Waals surface area contributed by atoms with Crippen LogP contribution < -0.4 is 31.7 Å². The number of hydrogen-bond acceptors (Lipinski definition) is 6. The van der Waals surface area contributed by atoms with Gasteiger partial charge in [-0.15, -0.1) is 0 Å². The highest BCUT2D eigenvalue weighted by atomic mass is 16.5. The number of nitrogens with one attached hydrogen (secondary N) is 2. The highest BCUT2D eigenvalue weighted by Gasteiger charge is 2.12. The molecule has 3 aromatic rings. The van der Waals surface area contributed by atoms with Gasteiger partial charge < -0.3 is 15.2 Å². The van der Waals surface area contributed by atoms with Crippen LogP contribution in [0.25, 0.3) is 10.8 Å². The van der Waals surface area contributed by atoms with Gasteiger partial charge in [0.1, 0.15) is 11.5 Å². The van der Waals surface area contributed by atoms with Crippen LogP contribution in [0.15, 0.2) is 57.2 Å². The Morgan fingerprint density at radius 2 is 1.80 bits per heavy atom. The summed E-state index contributed by atoms with van der Waals surface area (Å²) < 4.78 is 5.03. The lowest BCUT2D eigenvalue weighted by molar-refractivity contribution is 0.252. The first-order valence-corrected chi connectivity index (χ1v) is 7.21. The van der Waals surface area contributed by atoms with Crippen LogP contribution in [-0.2, 0) is 0 Å². The molecule has 3 aromatic carbocycles. The van der Waals surface area contributed by atoms with Crippen LogP contribution in [0.1, 0.15) is 0 Å². The highest BCUT2D eigenvalue weighted by molar-refractivity contribution is 5.90. The zero-order chi connectivity index (χ0) is 18.0. The first kappa shape index (κ1) is 16.2. The van der Waals surface area contributed by atoms with E-state index in [-0.39, 0.29) is 22.2 Å². The first-order valence-electron chi connectivity index (χ1n) is 7.21.